The van der Waals surface area contributed by atoms with Gasteiger partial charge in [0.25, 0.3) is 0 Å². The minimum atomic E-state index is -2.97. The summed E-state index contributed by atoms with van der Waals surface area (Å²) in [5, 5.41) is 0. The van der Waals surface area contributed by atoms with Crippen LogP contribution in [0.25, 0.3) is 0 Å². The van der Waals surface area contributed by atoms with Crippen LogP contribution in [0.4, 0.5) is 8.78 Å². The molecule has 2 N–H and O–H groups in total. The zero-order valence-corrected chi connectivity index (χ0v) is 20.5. The molecule has 1 aliphatic carbocycles. The normalized spacial score (nSPS) is 20.8. The van der Waals surface area contributed by atoms with Crippen LogP contribution in [0.15, 0.2) is 36.4 Å². The standard InChI is InChI=1S/C27H29F2N3O5/c1-15(33)32-13-21(17-6-7-23(37-27(28)29)24(10-17)36-14-16-2-3-16)9-22(32)26(35)31-11-19-5-4-18(25(30)34)8-20(19)12-31/h4-8,10,16,21-22,27H,2-3,9,11-14H2,1H3,(H2,30,34)/t21?,22-/m1/s1. The molecule has 2 aliphatic heterocycles. The number of fused-ring (bicyclic) bond motifs is 1. The summed E-state index contributed by atoms with van der Waals surface area (Å²) < 4.78 is 36.3. The van der Waals surface area contributed by atoms with Crippen molar-refractivity contribution in [1.29, 1.82) is 0 Å². The van der Waals surface area contributed by atoms with Crippen LogP contribution < -0.4 is 15.2 Å². The molecule has 1 unspecified atom stereocenters. The number of hydrogen-bond donors (Lipinski definition) is 1. The highest BCUT2D eigenvalue weighted by Gasteiger charge is 2.42. The molecule has 0 radical (unpaired) electrons. The van der Waals surface area contributed by atoms with E-state index in [1.165, 1.54) is 13.0 Å². The van der Waals surface area contributed by atoms with Gasteiger partial charge in [0.15, 0.2) is 11.5 Å². The van der Waals surface area contributed by atoms with E-state index in [4.69, 9.17) is 10.5 Å². The molecule has 37 heavy (non-hydrogen) atoms. The van der Waals surface area contributed by atoms with E-state index in [2.05, 4.69) is 4.74 Å². The fourth-order valence-corrected chi connectivity index (χ4v) is 5.15. The largest absolute Gasteiger partial charge is 0.489 e. The third-order valence-electron chi connectivity index (χ3n) is 7.34. The van der Waals surface area contributed by atoms with Crippen molar-refractivity contribution in [3.8, 4) is 11.5 Å². The van der Waals surface area contributed by atoms with E-state index in [0.29, 0.717) is 44.1 Å². The van der Waals surface area contributed by atoms with E-state index in [9.17, 15) is 23.2 Å². The zero-order chi connectivity index (χ0) is 26.3. The number of carbonyl (C=O) groups is 3. The smallest absolute Gasteiger partial charge is 0.387 e. The monoisotopic (exact) mass is 513 g/mol. The second-order valence-electron chi connectivity index (χ2n) is 10.0. The van der Waals surface area contributed by atoms with Crippen molar-refractivity contribution < 1.29 is 32.6 Å². The van der Waals surface area contributed by atoms with E-state index in [0.717, 1.165) is 29.5 Å². The number of ether oxygens (including phenoxy) is 2. The Bertz CT molecular complexity index is 1230. The number of hydrogen-bond acceptors (Lipinski definition) is 5. The van der Waals surface area contributed by atoms with Crippen LogP contribution >= 0.6 is 0 Å². The lowest BCUT2D eigenvalue weighted by molar-refractivity contribution is -0.143. The van der Waals surface area contributed by atoms with Gasteiger partial charge in [-0.2, -0.15) is 8.78 Å². The number of alkyl halides is 2. The van der Waals surface area contributed by atoms with Gasteiger partial charge in [-0.3, -0.25) is 14.4 Å². The number of benzene rings is 2. The van der Waals surface area contributed by atoms with E-state index in [1.807, 2.05) is 0 Å². The molecule has 10 heteroatoms. The van der Waals surface area contributed by atoms with Crippen molar-refractivity contribution in [2.75, 3.05) is 13.2 Å². The molecule has 0 bridgehead atoms. The summed E-state index contributed by atoms with van der Waals surface area (Å²) in [4.78, 5) is 40.8. The highest BCUT2D eigenvalue weighted by Crippen LogP contribution is 2.39. The van der Waals surface area contributed by atoms with Crippen molar-refractivity contribution in [2.24, 2.45) is 11.7 Å². The number of likely N-dealkylation sites (tertiary alicyclic amines) is 1. The molecule has 196 valence electrons. The number of rotatable bonds is 8. The topological polar surface area (TPSA) is 102 Å². The quantitative estimate of drug-likeness (QED) is 0.583. The predicted octanol–water partition coefficient (Wildman–Crippen LogP) is 3.42. The van der Waals surface area contributed by atoms with E-state index in [-0.39, 0.29) is 29.2 Å². The van der Waals surface area contributed by atoms with Crippen LogP contribution in [0, 0.1) is 5.92 Å². The maximum Gasteiger partial charge on any atom is 0.387 e. The van der Waals surface area contributed by atoms with Crippen LogP contribution in [-0.4, -0.2) is 53.3 Å². The average molecular weight is 514 g/mol. The maximum atomic E-state index is 13.6. The summed E-state index contributed by atoms with van der Waals surface area (Å²) in [6, 6.07) is 9.34. The summed E-state index contributed by atoms with van der Waals surface area (Å²) >= 11 is 0. The van der Waals surface area contributed by atoms with Crippen LogP contribution in [0.2, 0.25) is 0 Å². The van der Waals surface area contributed by atoms with Crippen LogP contribution in [0.3, 0.4) is 0 Å². The van der Waals surface area contributed by atoms with Crippen molar-refractivity contribution in [3.05, 3.63) is 58.7 Å². The molecule has 3 aliphatic rings. The molecule has 2 fully saturated rings. The van der Waals surface area contributed by atoms with Crippen molar-refractivity contribution in [1.82, 2.24) is 9.80 Å². The Labute approximate surface area is 213 Å². The lowest BCUT2D eigenvalue weighted by Crippen LogP contribution is -2.45. The average Bonchev–Trinajstić information content (AvgIpc) is 3.41. The van der Waals surface area contributed by atoms with Crippen LogP contribution in [0.5, 0.6) is 11.5 Å². The number of primary amides is 1. The third-order valence-corrected chi connectivity index (χ3v) is 7.34. The van der Waals surface area contributed by atoms with Gasteiger partial charge in [-0.05, 0) is 66.1 Å². The van der Waals surface area contributed by atoms with Gasteiger partial charge in [0.1, 0.15) is 6.04 Å². The Morgan fingerprint density at radius 1 is 1.05 bits per heavy atom. The Morgan fingerprint density at radius 2 is 1.81 bits per heavy atom. The minimum absolute atomic E-state index is 0.0291. The zero-order valence-electron chi connectivity index (χ0n) is 20.5. The summed E-state index contributed by atoms with van der Waals surface area (Å²) in [5.74, 6) is -0.442. The van der Waals surface area contributed by atoms with Gasteiger partial charge < -0.3 is 25.0 Å². The lowest BCUT2D eigenvalue weighted by atomic mass is 9.95. The molecule has 1 saturated heterocycles. The first-order chi connectivity index (χ1) is 17.7. The molecule has 3 amide bonds. The Hall–Kier alpha value is -3.69. The highest BCUT2D eigenvalue weighted by molar-refractivity contribution is 5.93. The molecule has 2 atom stereocenters. The molecular weight excluding hydrogens is 484 g/mol. The summed E-state index contributed by atoms with van der Waals surface area (Å²) in [5.41, 5.74) is 8.37. The number of carbonyl (C=O) groups excluding carboxylic acids is 3. The fourth-order valence-electron chi connectivity index (χ4n) is 5.15. The highest BCUT2D eigenvalue weighted by atomic mass is 19.3. The van der Waals surface area contributed by atoms with E-state index in [1.54, 1.807) is 40.1 Å². The Kier molecular flexibility index (Phi) is 6.74. The predicted molar refractivity (Wildman–Crippen MR) is 129 cm³/mol. The lowest BCUT2D eigenvalue weighted by Gasteiger charge is -2.26. The molecule has 2 aromatic rings. The first-order valence-electron chi connectivity index (χ1n) is 12.4. The van der Waals surface area contributed by atoms with Gasteiger partial charge in [-0.15, -0.1) is 0 Å². The van der Waals surface area contributed by atoms with Crippen LogP contribution in [0.1, 0.15) is 59.2 Å². The number of halogens is 2. The molecule has 0 aromatic heterocycles. The van der Waals surface area contributed by atoms with Crippen molar-refractivity contribution in [2.45, 2.75) is 57.8 Å². The second kappa shape index (κ2) is 9.99. The summed E-state index contributed by atoms with van der Waals surface area (Å²) in [6.45, 7) is -0.0550. The molecule has 2 aromatic carbocycles. The van der Waals surface area contributed by atoms with Crippen molar-refractivity contribution >= 4 is 17.7 Å². The van der Waals surface area contributed by atoms with E-state index >= 15 is 0 Å². The summed E-state index contributed by atoms with van der Waals surface area (Å²) in [7, 11) is 0. The molecule has 8 nitrogen and oxygen atoms in total. The van der Waals surface area contributed by atoms with Gasteiger partial charge in [0, 0.05) is 38.0 Å². The van der Waals surface area contributed by atoms with Gasteiger partial charge in [-0.25, -0.2) is 0 Å². The second-order valence-corrected chi connectivity index (χ2v) is 10.0. The van der Waals surface area contributed by atoms with Crippen LogP contribution in [-0.2, 0) is 22.7 Å². The van der Waals surface area contributed by atoms with Gasteiger partial charge >= 0.3 is 6.61 Å². The number of nitrogens with two attached hydrogens (primary N) is 1. The summed E-state index contributed by atoms with van der Waals surface area (Å²) in [6.07, 6.45) is 2.50. The van der Waals surface area contributed by atoms with Gasteiger partial charge in [0.05, 0.1) is 6.61 Å². The minimum Gasteiger partial charge on any atom is -0.489 e. The molecule has 2 heterocycles. The van der Waals surface area contributed by atoms with E-state index < -0.39 is 18.6 Å². The fraction of sp³-hybridized carbons (Fsp3) is 0.444. The first kappa shape index (κ1) is 25.0. The molecule has 1 saturated carbocycles. The van der Waals surface area contributed by atoms with Gasteiger partial charge in [-0.1, -0.05) is 12.1 Å². The Balaban J connectivity index is 1.33. The SMILES string of the molecule is CC(=O)N1CC(c2ccc(OC(F)F)c(OCC3CC3)c2)C[C@@H]1C(=O)N1Cc2ccc(C(N)=O)cc2C1. The van der Waals surface area contributed by atoms with Crippen molar-refractivity contribution in [3.63, 3.8) is 0 Å². The first-order valence-corrected chi connectivity index (χ1v) is 12.4. The van der Waals surface area contributed by atoms with Gasteiger partial charge in [0.2, 0.25) is 17.7 Å². The third kappa shape index (κ3) is 5.38. The number of amides is 3. The molecule has 5 rings (SSSR count). The number of nitrogens with zero attached hydrogens (tertiary/aromatic N) is 2. The molecule has 0 spiro atoms. The Morgan fingerprint density at radius 3 is 2.49 bits per heavy atom. The molecular formula is C27H29F2N3O5. The maximum absolute atomic E-state index is 13.6.